The number of carbonyl (C=O) groups excluding carboxylic acids is 1. The van der Waals surface area contributed by atoms with Crippen molar-refractivity contribution in [3.63, 3.8) is 0 Å². The summed E-state index contributed by atoms with van der Waals surface area (Å²) in [5.41, 5.74) is 1.71. The van der Waals surface area contributed by atoms with E-state index in [0.717, 1.165) is 44.8 Å². The van der Waals surface area contributed by atoms with Gasteiger partial charge in [0.05, 0.1) is 38.3 Å². The minimum absolute atomic E-state index is 0.199. The number of amides is 1. The highest BCUT2D eigenvalue weighted by molar-refractivity contribution is 5.96. The fourth-order valence-electron chi connectivity index (χ4n) is 3.71. The van der Waals surface area contributed by atoms with Gasteiger partial charge >= 0.3 is 5.63 Å². The Balaban J connectivity index is 1.40. The van der Waals surface area contributed by atoms with Crippen molar-refractivity contribution in [2.75, 3.05) is 44.2 Å². The molecule has 2 aromatic rings. The van der Waals surface area contributed by atoms with Crippen molar-refractivity contribution < 1.29 is 18.5 Å². The molecule has 0 radical (unpaired) electrons. The van der Waals surface area contributed by atoms with Crippen molar-refractivity contribution in [2.45, 2.75) is 20.3 Å². The summed E-state index contributed by atoms with van der Waals surface area (Å²) in [5, 5.41) is 2.92. The first-order chi connectivity index (χ1) is 13.4. The maximum absolute atomic E-state index is 13.0. The van der Waals surface area contributed by atoms with E-state index in [-0.39, 0.29) is 11.7 Å². The van der Waals surface area contributed by atoms with E-state index >= 15 is 0 Å². The van der Waals surface area contributed by atoms with Gasteiger partial charge in [-0.05, 0) is 43.7 Å². The zero-order chi connectivity index (χ0) is 20.1. The lowest BCUT2D eigenvalue weighted by Gasteiger charge is -2.33. The summed E-state index contributed by atoms with van der Waals surface area (Å²) in [6.07, 6.45) is 0.881. The van der Waals surface area contributed by atoms with E-state index in [4.69, 9.17) is 4.42 Å². The van der Waals surface area contributed by atoms with Crippen LogP contribution in [0.1, 0.15) is 28.1 Å². The number of anilines is 1. The van der Waals surface area contributed by atoms with E-state index in [1.807, 2.05) is 12.1 Å². The zero-order valence-corrected chi connectivity index (χ0v) is 16.4. The third-order valence-corrected chi connectivity index (χ3v) is 5.22. The molecule has 6 nitrogen and oxygen atoms in total. The number of piperazine rings is 1. The molecular formula is C21H27FN3O3+. The Hall–Kier alpha value is -2.67. The van der Waals surface area contributed by atoms with Gasteiger partial charge in [0, 0.05) is 24.7 Å². The van der Waals surface area contributed by atoms with Crippen LogP contribution in [0.4, 0.5) is 10.1 Å². The standard InChI is InChI=1S/C21H26FN3O3/c1-15-14-19(26)28-16(2)20(15)21(27)23-8-3-9-24-10-12-25(13-11-24)18-6-4-17(22)5-7-18/h4-7,14H,3,8-13H2,1-2H3,(H,23,27)/p+1. The fraction of sp³-hybridized carbons (Fsp3) is 0.429. The molecule has 0 spiro atoms. The van der Waals surface area contributed by atoms with Gasteiger partial charge in [-0.1, -0.05) is 0 Å². The van der Waals surface area contributed by atoms with Gasteiger partial charge in [-0.15, -0.1) is 0 Å². The quantitative estimate of drug-likeness (QED) is 0.723. The van der Waals surface area contributed by atoms with Gasteiger partial charge < -0.3 is 19.5 Å². The van der Waals surface area contributed by atoms with Crippen LogP contribution in [0.25, 0.3) is 0 Å². The number of halogens is 1. The van der Waals surface area contributed by atoms with Crippen LogP contribution in [-0.4, -0.2) is 45.2 Å². The minimum atomic E-state index is -0.435. The molecule has 0 bridgehead atoms. The zero-order valence-electron chi connectivity index (χ0n) is 16.4. The maximum atomic E-state index is 13.0. The van der Waals surface area contributed by atoms with E-state index in [1.165, 1.54) is 23.1 Å². The van der Waals surface area contributed by atoms with Crippen molar-refractivity contribution in [2.24, 2.45) is 0 Å². The molecule has 150 valence electrons. The molecule has 0 saturated carbocycles. The highest BCUT2D eigenvalue weighted by atomic mass is 19.1. The Morgan fingerprint density at radius 1 is 1.21 bits per heavy atom. The van der Waals surface area contributed by atoms with Crippen molar-refractivity contribution in [1.29, 1.82) is 0 Å². The van der Waals surface area contributed by atoms with Crippen LogP contribution in [-0.2, 0) is 0 Å². The predicted molar refractivity (Wildman–Crippen MR) is 106 cm³/mol. The van der Waals surface area contributed by atoms with Gasteiger partial charge in [-0.3, -0.25) is 4.79 Å². The number of nitrogens with zero attached hydrogens (tertiary/aromatic N) is 1. The summed E-state index contributed by atoms with van der Waals surface area (Å²) >= 11 is 0. The molecule has 2 heterocycles. The number of aryl methyl sites for hydroxylation is 2. The summed E-state index contributed by atoms with van der Waals surface area (Å²) in [7, 11) is 0. The van der Waals surface area contributed by atoms with Crippen LogP contribution in [0.2, 0.25) is 0 Å². The van der Waals surface area contributed by atoms with Crippen molar-refractivity contribution in [3.8, 4) is 0 Å². The first-order valence-corrected chi connectivity index (χ1v) is 9.67. The number of hydrogen-bond acceptors (Lipinski definition) is 4. The molecule has 2 N–H and O–H groups in total. The molecule has 1 saturated heterocycles. The van der Waals surface area contributed by atoms with Crippen LogP contribution in [0.15, 0.2) is 39.5 Å². The van der Waals surface area contributed by atoms with Crippen molar-refractivity contribution in [1.82, 2.24) is 5.32 Å². The third-order valence-electron chi connectivity index (χ3n) is 5.22. The Kier molecular flexibility index (Phi) is 6.46. The molecule has 3 rings (SSSR count). The molecular weight excluding hydrogens is 361 g/mol. The maximum Gasteiger partial charge on any atom is 0.336 e. The van der Waals surface area contributed by atoms with Gasteiger partial charge in [-0.25, -0.2) is 9.18 Å². The van der Waals surface area contributed by atoms with Gasteiger partial charge in [-0.2, -0.15) is 0 Å². The Bertz CT molecular complexity index is 845. The van der Waals surface area contributed by atoms with E-state index in [0.29, 0.717) is 23.4 Å². The average molecular weight is 388 g/mol. The Morgan fingerprint density at radius 2 is 1.89 bits per heavy atom. The van der Waals surface area contributed by atoms with E-state index in [1.54, 1.807) is 13.8 Å². The summed E-state index contributed by atoms with van der Waals surface area (Å²) in [6, 6.07) is 7.99. The van der Waals surface area contributed by atoms with E-state index in [9.17, 15) is 14.0 Å². The molecule has 0 unspecified atom stereocenters. The second-order valence-corrected chi connectivity index (χ2v) is 7.25. The lowest BCUT2D eigenvalue weighted by Crippen LogP contribution is -3.15. The van der Waals surface area contributed by atoms with Gasteiger partial charge in [0.25, 0.3) is 5.91 Å². The normalized spacial score (nSPS) is 14.9. The summed E-state index contributed by atoms with van der Waals surface area (Å²) < 4.78 is 18.1. The molecule has 1 aliphatic rings. The number of benzene rings is 1. The number of rotatable bonds is 6. The highest BCUT2D eigenvalue weighted by Gasteiger charge is 2.20. The lowest BCUT2D eigenvalue weighted by atomic mass is 10.1. The van der Waals surface area contributed by atoms with E-state index < -0.39 is 5.63 Å². The molecule has 0 aliphatic carbocycles. The molecule has 28 heavy (non-hydrogen) atoms. The smallest absolute Gasteiger partial charge is 0.336 e. The van der Waals surface area contributed by atoms with Crippen LogP contribution in [0.3, 0.4) is 0 Å². The topological polar surface area (TPSA) is 67.0 Å². The molecule has 1 aromatic heterocycles. The largest absolute Gasteiger partial charge is 0.427 e. The lowest BCUT2D eigenvalue weighted by molar-refractivity contribution is -0.900. The van der Waals surface area contributed by atoms with Crippen molar-refractivity contribution >= 4 is 11.6 Å². The van der Waals surface area contributed by atoms with Crippen molar-refractivity contribution in [3.05, 3.63) is 63.5 Å². The number of quaternary nitrogens is 1. The summed E-state index contributed by atoms with van der Waals surface area (Å²) in [4.78, 5) is 27.5. The van der Waals surface area contributed by atoms with Gasteiger partial charge in [0.2, 0.25) is 0 Å². The van der Waals surface area contributed by atoms with Crippen LogP contribution in [0, 0.1) is 19.7 Å². The summed E-state index contributed by atoms with van der Waals surface area (Å²) in [6.45, 7) is 8.86. The van der Waals surface area contributed by atoms with Crippen LogP contribution in [0.5, 0.6) is 0 Å². The highest BCUT2D eigenvalue weighted by Crippen LogP contribution is 2.14. The van der Waals surface area contributed by atoms with Gasteiger partial charge in [0.15, 0.2) is 0 Å². The van der Waals surface area contributed by atoms with Gasteiger partial charge in [0.1, 0.15) is 11.6 Å². The summed E-state index contributed by atoms with van der Waals surface area (Å²) in [5.74, 6) is -0.0574. The average Bonchev–Trinajstić information content (AvgIpc) is 2.65. The van der Waals surface area contributed by atoms with Crippen LogP contribution < -0.4 is 20.7 Å². The fourth-order valence-corrected chi connectivity index (χ4v) is 3.71. The molecule has 1 amide bonds. The molecule has 1 fully saturated rings. The molecule has 1 aromatic carbocycles. The predicted octanol–water partition coefficient (Wildman–Crippen LogP) is 0.921. The second kappa shape index (κ2) is 9.01. The van der Waals surface area contributed by atoms with Crippen LogP contribution >= 0.6 is 0 Å². The first kappa shape index (κ1) is 20.1. The SMILES string of the molecule is Cc1cc(=O)oc(C)c1C(=O)NCCC[NH+]1CCN(c2ccc(F)cc2)CC1. The second-order valence-electron chi connectivity index (χ2n) is 7.25. The molecule has 1 aliphatic heterocycles. The number of hydrogen-bond donors (Lipinski definition) is 2. The first-order valence-electron chi connectivity index (χ1n) is 9.67. The molecule has 7 heteroatoms. The third kappa shape index (κ3) is 4.98. The monoisotopic (exact) mass is 388 g/mol. The van der Waals surface area contributed by atoms with E-state index in [2.05, 4.69) is 10.2 Å². The Labute approximate surface area is 163 Å². The number of nitrogens with one attached hydrogen (secondary N) is 2. The Morgan fingerprint density at radius 3 is 2.54 bits per heavy atom. The molecule has 0 atom stereocenters. The number of carbonyl (C=O) groups is 1. The minimum Gasteiger partial charge on any atom is -0.427 e.